The quantitative estimate of drug-likeness (QED) is 0.858. The summed E-state index contributed by atoms with van der Waals surface area (Å²) in [5, 5.41) is 12.7. The van der Waals surface area contributed by atoms with Crippen molar-refractivity contribution in [2.75, 3.05) is 0 Å². The van der Waals surface area contributed by atoms with Gasteiger partial charge in [-0.05, 0) is 19.3 Å². The summed E-state index contributed by atoms with van der Waals surface area (Å²) in [5.41, 5.74) is -0.569. The fourth-order valence-corrected chi connectivity index (χ4v) is 3.39. The van der Waals surface area contributed by atoms with Crippen molar-refractivity contribution in [1.29, 1.82) is 0 Å². The van der Waals surface area contributed by atoms with Crippen LogP contribution in [0.5, 0.6) is 0 Å². The Kier molecular flexibility index (Phi) is 4.06. The minimum atomic E-state index is -3.99. The van der Waals surface area contributed by atoms with E-state index in [0.29, 0.717) is 0 Å². The van der Waals surface area contributed by atoms with Crippen LogP contribution >= 0.6 is 0 Å². The molecule has 1 heterocycles. The summed E-state index contributed by atoms with van der Waals surface area (Å²) >= 11 is 0. The summed E-state index contributed by atoms with van der Waals surface area (Å²) in [6.07, 6.45) is 0. The van der Waals surface area contributed by atoms with E-state index in [1.165, 1.54) is 13.8 Å². The van der Waals surface area contributed by atoms with Crippen LogP contribution < -0.4 is 4.72 Å². The first-order valence-electron chi connectivity index (χ1n) is 5.65. The van der Waals surface area contributed by atoms with Gasteiger partial charge in [0.05, 0.1) is 0 Å². The van der Waals surface area contributed by atoms with Gasteiger partial charge in [-0.2, -0.15) is 4.72 Å². The monoisotopic (exact) mass is 290 g/mol. The van der Waals surface area contributed by atoms with Gasteiger partial charge in [-0.15, -0.1) is 0 Å². The van der Waals surface area contributed by atoms with E-state index in [1.54, 1.807) is 20.8 Å². The van der Waals surface area contributed by atoms with Gasteiger partial charge >= 0.3 is 5.97 Å². The number of hydrogen-bond donors (Lipinski definition) is 2. The minimum absolute atomic E-state index is 0.108. The SMILES string of the molecule is Cc1noc(C)c1S(=O)(=O)N[C@@H](C(=O)O)C(C)(C)C. The van der Waals surface area contributed by atoms with Gasteiger partial charge in [-0.1, -0.05) is 25.9 Å². The number of nitrogens with one attached hydrogen (secondary N) is 1. The van der Waals surface area contributed by atoms with E-state index in [1.807, 2.05) is 0 Å². The lowest BCUT2D eigenvalue weighted by Gasteiger charge is -2.27. The molecule has 0 aliphatic rings. The van der Waals surface area contributed by atoms with Gasteiger partial charge in [0, 0.05) is 0 Å². The number of aryl methyl sites for hydroxylation is 2. The normalized spacial score (nSPS) is 14.4. The molecule has 0 aromatic carbocycles. The summed E-state index contributed by atoms with van der Waals surface area (Å²) in [4.78, 5) is 11.1. The Bertz CT molecular complexity index is 563. The van der Waals surface area contributed by atoms with Crippen LogP contribution in [0.4, 0.5) is 0 Å². The van der Waals surface area contributed by atoms with Crippen LogP contribution in [0.3, 0.4) is 0 Å². The zero-order chi connectivity index (χ0) is 15.0. The summed E-state index contributed by atoms with van der Waals surface area (Å²) in [5.74, 6) is -1.11. The second-order valence-electron chi connectivity index (χ2n) is 5.41. The molecule has 0 radical (unpaired) electrons. The van der Waals surface area contributed by atoms with Crippen molar-refractivity contribution < 1.29 is 22.8 Å². The standard InChI is InChI=1S/C11H18N2O5S/c1-6-8(7(2)18-12-6)19(16,17)13-9(10(14)15)11(3,4)5/h9,13H,1-5H3,(H,14,15)/t9-/m0/s1. The summed E-state index contributed by atoms with van der Waals surface area (Å²) < 4.78 is 31.4. The number of aliphatic carboxylic acids is 1. The topological polar surface area (TPSA) is 110 Å². The van der Waals surface area contributed by atoms with Crippen LogP contribution in [-0.2, 0) is 14.8 Å². The van der Waals surface area contributed by atoms with E-state index in [0.717, 1.165) is 0 Å². The maximum atomic E-state index is 12.2. The van der Waals surface area contributed by atoms with E-state index in [2.05, 4.69) is 9.88 Å². The van der Waals surface area contributed by atoms with Gasteiger partial charge in [-0.25, -0.2) is 8.42 Å². The molecule has 0 saturated heterocycles. The Morgan fingerprint density at radius 2 is 1.89 bits per heavy atom. The van der Waals surface area contributed by atoms with E-state index in [4.69, 9.17) is 9.63 Å². The number of sulfonamides is 1. The van der Waals surface area contributed by atoms with Crippen molar-refractivity contribution in [3.63, 3.8) is 0 Å². The van der Waals surface area contributed by atoms with Gasteiger partial charge in [0.1, 0.15) is 16.6 Å². The largest absolute Gasteiger partial charge is 0.480 e. The number of carboxylic acids is 1. The average molecular weight is 290 g/mol. The molecular formula is C11H18N2O5S. The molecule has 0 saturated carbocycles. The fourth-order valence-electron chi connectivity index (χ4n) is 1.67. The first-order chi connectivity index (χ1) is 8.47. The van der Waals surface area contributed by atoms with Crippen LogP contribution in [0.1, 0.15) is 32.2 Å². The third-order valence-corrected chi connectivity index (χ3v) is 4.29. The second-order valence-corrected chi connectivity index (χ2v) is 7.06. The highest BCUT2D eigenvalue weighted by Gasteiger charge is 2.37. The lowest BCUT2D eigenvalue weighted by atomic mass is 9.88. The van der Waals surface area contributed by atoms with E-state index in [-0.39, 0.29) is 16.3 Å². The molecule has 0 fully saturated rings. The molecule has 1 rings (SSSR count). The van der Waals surface area contributed by atoms with E-state index < -0.39 is 27.4 Å². The molecular weight excluding hydrogens is 272 g/mol. The molecule has 19 heavy (non-hydrogen) atoms. The molecule has 0 unspecified atom stereocenters. The molecule has 7 nitrogen and oxygen atoms in total. The molecule has 2 N–H and O–H groups in total. The molecule has 1 atom stereocenters. The molecule has 0 spiro atoms. The predicted octanol–water partition coefficient (Wildman–Crippen LogP) is 1.07. The van der Waals surface area contributed by atoms with Gasteiger partial charge < -0.3 is 9.63 Å². The van der Waals surface area contributed by atoms with Crippen LogP contribution in [0.2, 0.25) is 0 Å². The summed E-state index contributed by atoms with van der Waals surface area (Å²) in [6.45, 7) is 7.87. The van der Waals surface area contributed by atoms with Crippen molar-refractivity contribution in [3.8, 4) is 0 Å². The lowest BCUT2D eigenvalue weighted by Crippen LogP contribution is -2.49. The zero-order valence-electron chi connectivity index (χ0n) is 11.5. The van der Waals surface area contributed by atoms with Gasteiger partial charge in [0.25, 0.3) is 0 Å². The smallest absolute Gasteiger partial charge is 0.322 e. The van der Waals surface area contributed by atoms with Gasteiger partial charge in [0.2, 0.25) is 10.0 Å². The predicted molar refractivity (Wildman–Crippen MR) is 67.2 cm³/mol. The maximum absolute atomic E-state index is 12.2. The number of carbonyl (C=O) groups is 1. The minimum Gasteiger partial charge on any atom is -0.480 e. The highest BCUT2D eigenvalue weighted by Crippen LogP contribution is 2.24. The fraction of sp³-hybridized carbons (Fsp3) is 0.636. The van der Waals surface area contributed by atoms with Crippen molar-refractivity contribution >= 4 is 16.0 Å². The Balaban J connectivity index is 3.20. The molecule has 8 heteroatoms. The lowest BCUT2D eigenvalue weighted by molar-refractivity contribution is -0.141. The number of aromatic nitrogens is 1. The molecule has 0 bridgehead atoms. The average Bonchev–Trinajstić information content (AvgIpc) is 2.53. The second kappa shape index (κ2) is 4.93. The molecule has 0 aliphatic carbocycles. The Labute approximate surface area is 112 Å². The van der Waals surface area contributed by atoms with Crippen molar-refractivity contribution in [2.45, 2.75) is 45.6 Å². The van der Waals surface area contributed by atoms with Gasteiger partial charge in [-0.3, -0.25) is 4.79 Å². The molecule has 0 aliphatic heterocycles. The van der Waals surface area contributed by atoms with Crippen LogP contribution in [0.25, 0.3) is 0 Å². The Morgan fingerprint density at radius 1 is 1.37 bits per heavy atom. The van der Waals surface area contributed by atoms with Crippen LogP contribution in [-0.4, -0.2) is 30.7 Å². The number of hydrogen-bond acceptors (Lipinski definition) is 5. The summed E-state index contributed by atoms with van der Waals surface area (Å²) in [6, 6.07) is -1.24. The molecule has 1 aromatic heterocycles. The third-order valence-electron chi connectivity index (χ3n) is 2.62. The van der Waals surface area contributed by atoms with Crippen molar-refractivity contribution in [1.82, 2.24) is 9.88 Å². The number of carboxylic acid groups (broad SMARTS) is 1. The van der Waals surface area contributed by atoms with E-state index >= 15 is 0 Å². The van der Waals surface area contributed by atoms with Crippen molar-refractivity contribution in [3.05, 3.63) is 11.5 Å². The number of rotatable bonds is 4. The highest BCUT2D eigenvalue weighted by molar-refractivity contribution is 7.89. The molecule has 1 aromatic rings. The first kappa shape index (κ1) is 15.6. The maximum Gasteiger partial charge on any atom is 0.322 e. The van der Waals surface area contributed by atoms with Gasteiger partial charge in [0.15, 0.2) is 5.76 Å². The Morgan fingerprint density at radius 3 is 2.21 bits per heavy atom. The van der Waals surface area contributed by atoms with Crippen molar-refractivity contribution in [2.24, 2.45) is 5.41 Å². The molecule has 108 valence electrons. The summed E-state index contributed by atoms with van der Waals surface area (Å²) in [7, 11) is -3.99. The van der Waals surface area contributed by atoms with Crippen LogP contribution in [0, 0.1) is 19.3 Å². The first-order valence-corrected chi connectivity index (χ1v) is 7.13. The number of nitrogens with zero attached hydrogens (tertiary/aromatic N) is 1. The van der Waals surface area contributed by atoms with E-state index in [9.17, 15) is 13.2 Å². The molecule has 0 amide bonds. The van der Waals surface area contributed by atoms with Crippen LogP contribution in [0.15, 0.2) is 9.42 Å². The Hall–Kier alpha value is -1.41. The highest BCUT2D eigenvalue weighted by atomic mass is 32.2. The third kappa shape index (κ3) is 3.32. The zero-order valence-corrected chi connectivity index (χ0v) is 12.3.